The number of hydrogen-bond acceptors (Lipinski definition) is 2. The fourth-order valence-corrected chi connectivity index (χ4v) is 1.38. The lowest BCUT2D eigenvalue weighted by Gasteiger charge is -2.14. The zero-order valence-electron chi connectivity index (χ0n) is 9.20. The van der Waals surface area contributed by atoms with Crippen LogP contribution in [0.5, 0.6) is 0 Å². The van der Waals surface area contributed by atoms with Crippen molar-refractivity contribution < 1.29 is 9.50 Å². The van der Waals surface area contributed by atoms with Gasteiger partial charge < -0.3 is 10.4 Å². The quantitative estimate of drug-likeness (QED) is 0.777. The summed E-state index contributed by atoms with van der Waals surface area (Å²) in [5.74, 6) is -0.253. The van der Waals surface area contributed by atoms with Gasteiger partial charge in [0.2, 0.25) is 0 Å². The van der Waals surface area contributed by atoms with Crippen molar-refractivity contribution >= 4 is 0 Å². The lowest BCUT2D eigenvalue weighted by atomic mass is 10.1. The summed E-state index contributed by atoms with van der Waals surface area (Å²) < 4.78 is 12.8. The SMILES string of the molecule is CC(C)NCC(O)Cc1cccc(F)c1. The second-order valence-corrected chi connectivity index (χ2v) is 4.05. The molecule has 84 valence electrons. The number of rotatable bonds is 5. The molecule has 0 saturated carbocycles. The molecular formula is C12H18FNO. The third-order valence-electron chi connectivity index (χ3n) is 2.12. The molecule has 0 heterocycles. The average molecular weight is 211 g/mol. The Morgan fingerprint density at radius 3 is 2.73 bits per heavy atom. The van der Waals surface area contributed by atoms with Gasteiger partial charge in [0, 0.05) is 12.6 Å². The largest absolute Gasteiger partial charge is 0.391 e. The summed E-state index contributed by atoms with van der Waals surface area (Å²) in [7, 11) is 0. The Labute approximate surface area is 90.1 Å². The van der Waals surface area contributed by atoms with Gasteiger partial charge in [-0.1, -0.05) is 26.0 Å². The second kappa shape index (κ2) is 5.83. The van der Waals surface area contributed by atoms with E-state index in [-0.39, 0.29) is 5.82 Å². The predicted molar refractivity (Wildman–Crippen MR) is 59.2 cm³/mol. The van der Waals surface area contributed by atoms with Gasteiger partial charge in [0.15, 0.2) is 0 Å². The zero-order chi connectivity index (χ0) is 11.3. The molecule has 0 aliphatic heterocycles. The van der Waals surface area contributed by atoms with Gasteiger partial charge >= 0.3 is 0 Å². The van der Waals surface area contributed by atoms with Gasteiger partial charge in [-0.05, 0) is 24.1 Å². The molecule has 0 fully saturated rings. The van der Waals surface area contributed by atoms with Crippen molar-refractivity contribution in [2.75, 3.05) is 6.54 Å². The highest BCUT2D eigenvalue weighted by Gasteiger charge is 2.06. The van der Waals surface area contributed by atoms with Crippen LogP contribution < -0.4 is 5.32 Å². The van der Waals surface area contributed by atoms with Crippen molar-refractivity contribution in [1.29, 1.82) is 0 Å². The molecule has 0 saturated heterocycles. The Kier molecular flexibility index (Phi) is 4.72. The van der Waals surface area contributed by atoms with E-state index in [1.807, 2.05) is 19.9 Å². The maximum atomic E-state index is 12.8. The number of aliphatic hydroxyl groups is 1. The number of nitrogens with one attached hydrogen (secondary N) is 1. The number of halogens is 1. The van der Waals surface area contributed by atoms with Gasteiger partial charge in [-0.3, -0.25) is 0 Å². The van der Waals surface area contributed by atoms with Crippen LogP contribution in [0.1, 0.15) is 19.4 Å². The highest BCUT2D eigenvalue weighted by atomic mass is 19.1. The Morgan fingerprint density at radius 1 is 1.40 bits per heavy atom. The molecule has 2 nitrogen and oxygen atoms in total. The lowest BCUT2D eigenvalue weighted by molar-refractivity contribution is 0.169. The molecule has 2 N–H and O–H groups in total. The van der Waals surface area contributed by atoms with Gasteiger partial charge in [-0.15, -0.1) is 0 Å². The van der Waals surface area contributed by atoms with E-state index >= 15 is 0 Å². The Balaban J connectivity index is 2.40. The van der Waals surface area contributed by atoms with E-state index in [1.54, 1.807) is 6.07 Å². The van der Waals surface area contributed by atoms with Crippen molar-refractivity contribution in [2.45, 2.75) is 32.4 Å². The smallest absolute Gasteiger partial charge is 0.123 e. The van der Waals surface area contributed by atoms with Crippen LogP contribution in [0.4, 0.5) is 4.39 Å². The molecule has 1 unspecified atom stereocenters. The monoisotopic (exact) mass is 211 g/mol. The summed E-state index contributed by atoms with van der Waals surface area (Å²) in [5.41, 5.74) is 0.827. The van der Waals surface area contributed by atoms with E-state index < -0.39 is 6.10 Å². The van der Waals surface area contributed by atoms with Gasteiger partial charge in [-0.2, -0.15) is 0 Å². The van der Waals surface area contributed by atoms with E-state index in [0.29, 0.717) is 19.0 Å². The van der Waals surface area contributed by atoms with Crippen LogP contribution in [0.25, 0.3) is 0 Å². The third kappa shape index (κ3) is 4.91. The van der Waals surface area contributed by atoms with Crippen molar-refractivity contribution in [1.82, 2.24) is 5.32 Å². The summed E-state index contributed by atoms with van der Waals surface area (Å²) >= 11 is 0. The standard InChI is InChI=1S/C12H18FNO/c1-9(2)14-8-12(15)7-10-4-3-5-11(13)6-10/h3-6,9,12,14-15H,7-8H2,1-2H3. The van der Waals surface area contributed by atoms with Crippen LogP contribution in [0.2, 0.25) is 0 Å². The summed E-state index contributed by atoms with van der Waals surface area (Å²) in [6, 6.07) is 6.70. The number of hydrogen-bond donors (Lipinski definition) is 2. The molecule has 0 aromatic heterocycles. The predicted octanol–water partition coefficient (Wildman–Crippen LogP) is 1.73. The van der Waals surface area contributed by atoms with Crippen molar-refractivity contribution in [3.8, 4) is 0 Å². The van der Waals surface area contributed by atoms with Crippen molar-refractivity contribution in [3.05, 3.63) is 35.6 Å². The number of aliphatic hydroxyl groups excluding tert-OH is 1. The van der Waals surface area contributed by atoms with Crippen LogP contribution in [-0.4, -0.2) is 23.8 Å². The molecule has 1 aromatic rings. The molecular weight excluding hydrogens is 193 g/mol. The first-order valence-electron chi connectivity index (χ1n) is 5.24. The van der Waals surface area contributed by atoms with E-state index in [2.05, 4.69) is 5.32 Å². The highest BCUT2D eigenvalue weighted by molar-refractivity contribution is 5.17. The Hall–Kier alpha value is -0.930. The van der Waals surface area contributed by atoms with E-state index in [4.69, 9.17) is 0 Å². The molecule has 0 bridgehead atoms. The molecule has 1 aromatic carbocycles. The first kappa shape index (κ1) is 12.1. The fraction of sp³-hybridized carbons (Fsp3) is 0.500. The Morgan fingerprint density at radius 2 is 2.13 bits per heavy atom. The molecule has 0 amide bonds. The molecule has 15 heavy (non-hydrogen) atoms. The molecule has 0 aliphatic rings. The van der Waals surface area contributed by atoms with Crippen LogP contribution in [0.15, 0.2) is 24.3 Å². The summed E-state index contributed by atoms with van der Waals surface area (Å²) in [4.78, 5) is 0. The highest BCUT2D eigenvalue weighted by Crippen LogP contribution is 2.06. The average Bonchev–Trinajstić information content (AvgIpc) is 2.15. The number of benzene rings is 1. The molecule has 0 aliphatic carbocycles. The van der Waals surface area contributed by atoms with E-state index in [1.165, 1.54) is 12.1 Å². The minimum atomic E-state index is -0.464. The van der Waals surface area contributed by atoms with Gasteiger partial charge in [0.25, 0.3) is 0 Å². The fourth-order valence-electron chi connectivity index (χ4n) is 1.38. The topological polar surface area (TPSA) is 32.3 Å². The molecule has 1 atom stereocenters. The van der Waals surface area contributed by atoms with Gasteiger partial charge in [0.05, 0.1) is 6.10 Å². The normalized spacial score (nSPS) is 13.1. The van der Waals surface area contributed by atoms with Crippen LogP contribution in [0.3, 0.4) is 0 Å². The molecule has 3 heteroatoms. The maximum absolute atomic E-state index is 12.8. The third-order valence-corrected chi connectivity index (χ3v) is 2.12. The van der Waals surface area contributed by atoms with Crippen LogP contribution >= 0.6 is 0 Å². The summed E-state index contributed by atoms with van der Waals surface area (Å²) in [6.45, 7) is 4.58. The van der Waals surface area contributed by atoms with Crippen molar-refractivity contribution in [3.63, 3.8) is 0 Å². The second-order valence-electron chi connectivity index (χ2n) is 4.05. The maximum Gasteiger partial charge on any atom is 0.123 e. The first-order valence-corrected chi connectivity index (χ1v) is 5.24. The van der Waals surface area contributed by atoms with Crippen LogP contribution in [-0.2, 0) is 6.42 Å². The minimum Gasteiger partial charge on any atom is -0.391 e. The first-order chi connectivity index (χ1) is 7.08. The van der Waals surface area contributed by atoms with Gasteiger partial charge in [0.1, 0.15) is 5.82 Å². The van der Waals surface area contributed by atoms with Gasteiger partial charge in [-0.25, -0.2) is 4.39 Å². The molecule has 1 rings (SSSR count). The van der Waals surface area contributed by atoms with Crippen LogP contribution in [0, 0.1) is 5.82 Å². The van der Waals surface area contributed by atoms with E-state index in [9.17, 15) is 9.50 Å². The van der Waals surface area contributed by atoms with Crippen molar-refractivity contribution in [2.24, 2.45) is 0 Å². The summed E-state index contributed by atoms with van der Waals surface area (Å²) in [6.07, 6.45) is 0.0199. The lowest BCUT2D eigenvalue weighted by Crippen LogP contribution is -2.33. The molecule has 0 spiro atoms. The zero-order valence-corrected chi connectivity index (χ0v) is 9.20. The summed E-state index contributed by atoms with van der Waals surface area (Å²) in [5, 5.41) is 12.8. The Bertz CT molecular complexity index is 301. The minimum absolute atomic E-state index is 0.253. The molecule has 0 radical (unpaired) electrons. The van der Waals surface area contributed by atoms with E-state index in [0.717, 1.165) is 5.56 Å².